The lowest BCUT2D eigenvalue weighted by molar-refractivity contribution is -0.126. The minimum atomic E-state index is 0.0126. The van der Waals surface area contributed by atoms with Crippen molar-refractivity contribution in [1.29, 1.82) is 0 Å². The first kappa shape index (κ1) is 14.4. The molecule has 114 valence electrons. The lowest BCUT2D eigenvalue weighted by atomic mass is 9.48. The third-order valence-corrected chi connectivity index (χ3v) is 6.35. The predicted octanol–water partition coefficient (Wildman–Crippen LogP) is 2.83. The summed E-state index contributed by atoms with van der Waals surface area (Å²) in [5.74, 6) is 2.98. The number of nitrogens with one attached hydrogen (secondary N) is 1. The number of hydrogen-bond acceptors (Lipinski definition) is 2. The molecule has 1 amide bonds. The lowest BCUT2D eigenvalue weighted by Gasteiger charge is -2.59. The van der Waals surface area contributed by atoms with Crippen LogP contribution in [0.25, 0.3) is 0 Å². The van der Waals surface area contributed by atoms with Crippen molar-refractivity contribution in [1.82, 2.24) is 5.32 Å². The maximum absolute atomic E-state index is 12.1. The summed E-state index contributed by atoms with van der Waals surface area (Å²) in [6.45, 7) is 4.28. The zero-order chi connectivity index (χ0) is 14.3. The molecule has 0 aromatic heterocycles. The summed E-state index contributed by atoms with van der Waals surface area (Å²) in [5.41, 5.74) is 6.30. The van der Waals surface area contributed by atoms with Crippen molar-refractivity contribution in [2.75, 3.05) is 0 Å². The summed E-state index contributed by atoms with van der Waals surface area (Å²) in [6.07, 6.45) is 9.77. The SMILES string of the molecule is CCC(N)CC(=O)NC(C)C12CC3CC(CC(C3)C1)C2. The Morgan fingerprint density at radius 1 is 1.20 bits per heavy atom. The Morgan fingerprint density at radius 3 is 2.15 bits per heavy atom. The molecule has 0 spiro atoms. The smallest absolute Gasteiger partial charge is 0.221 e. The number of carbonyl (C=O) groups is 1. The molecule has 20 heavy (non-hydrogen) atoms. The van der Waals surface area contributed by atoms with E-state index in [1.807, 2.05) is 6.92 Å². The topological polar surface area (TPSA) is 55.1 Å². The maximum Gasteiger partial charge on any atom is 0.221 e. The number of amides is 1. The molecule has 0 heterocycles. The van der Waals surface area contributed by atoms with E-state index in [1.54, 1.807) is 0 Å². The molecule has 4 fully saturated rings. The van der Waals surface area contributed by atoms with Crippen molar-refractivity contribution >= 4 is 5.91 Å². The number of nitrogens with two attached hydrogens (primary N) is 1. The molecular weight excluding hydrogens is 248 g/mol. The van der Waals surface area contributed by atoms with E-state index in [1.165, 1.54) is 38.5 Å². The van der Waals surface area contributed by atoms with Crippen molar-refractivity contribution < 1.29 is 4.79 Å². The van der Waals surface area contributed by atoms with E-state index in [4.69, 9.17) is 5.73 Å². The highest BCUT2D eigenvalue weighted by Gasteiger charge is 2.53. The molecule has 2 atom stereocenters. The van der Waals surface area contributed by atoms with Gasteiger partial charge in [-0.2, -0.15) is 0 Å². The van der Waals surface area contributed by atoms with Gasteiger partial charge in [0.15, 0.2) is 0 Å². The largest absolute Gasteiger partial charge is 0.353 e. The van der Waals surface area contributed by atoms with Crippen LogP contribution in [0.3, 0.4) is 0 Å². The van der Waals surface area contributed by atoms with Crippen LogP contribution in [-0.4, -0.2) is 18.0 Å². The summed E-state index contributed by atoms with van der Waals surface area (Å²) in [5, 5.41) is 3.28. The van der Waals surface area contributed by atoms with Gasteiger partial charge in [-0.15, -0.1) is 0 Å². The fraction of sp³-hybridized carbons (Fsp3) is 0.941. The van der Waals surface area contributed by atoms with Gasteiger partial charge >= 0.3 is 0 Å². The van der Waals surface area contributed by atoms with Crippen LogP contribution in [0.1, 0.15) is 65.2 Å². The fourth-order valence-corrected chi connectivity index (χ4v) is 5.54. The third kappa shape index (κ3) is 2.61. The molecule has 3 N–H and O–H groups in total. The monoisotopic (exact) mass is 278 g/mol. The first-order valence-electron chi connectivity index (χ1n) is 8.55. The van der Waals surface area contributed by atoms with E-state index >= 15 is 0 Å². The Bertz CT molecular complexity index is 344. The van der Waals surface area contributed by atoms with Gasteiger partial charge in [0.05, 0.1) is 0 Å². The Balaban J connectivity index is 1.62. The van der Waals surface area contributed by atoms with Crippen molar-refractivity contribution in [2.45, 2.75) is 77.3 Å². The van der Waals surface area contributed by atoms with Gasteiger partial charge in [0.2, 0.25) is 5.91 Å². The van der Waals surface area contributed by atoms with Crippen LogP contribution in [0, 0.1) is 23.2 Å². The Labute approximate surface area is 123 Å². The van der Waals surface area contributed by atoms with Crippen molar-refractivity contribution in [3.05, 3.63) is 0 Å². The number of hydrogen-bond donors (Lipinski definition) is 2. The second-order valence-electron chi connectivity index (χ2n) is 7.94. The minimum absolute atomic E-state index is 0.0126. The molecule has 0 aromatic rings. The van der Waals surface area contributed by atoms with E-state index in [-0.39, 0.29) is 11.9 Å². The van der Waals surface area contributed by atoms with Crippen LogP contribution < -0.4 is 11.1 Å². The van der Waals surface area contributed by atoms with E-state index < -0.39 is 0 Å². The average Bonchev–Trinajstić information content (AvgIpc) is 2.36. The van der Waals surface area contributed by atoms with Crippen LogP contribution in [0.4, 0.5) is 0 Å². The molecule has 2 unspecified atom stereocenters. The molecular formula is C17H30N2O. The molecule has 0 aliphatic heterocycles. The summed E-state index contributed by atoms with van der Waals surface area (Å²) >= 11 is 0. The quantitative estimate of drug-likeness (QED) is 0.812. The fourth-order valence-electron chi connectivity index (χ4n) is 5.54. The van der Waals surface area contributed by atoms with E-state index in [2.05, 4.69) is 12.2 Å². The first-order valence-corrected chi connectivity index (χ1v) is 8.55. The summed E-state index contributed by atoms with van der Waals surface area (Å²) in [4.78, 5) is 12.1. The van der Waals surface area contributed by atoms with Gasteiger partial charge in [-0.1, -0.05) is 6.92 Å². The van der Waals surface area contributed by atoms with Gasteiger partial charge in [0.1, 0.15) is 0 Å². The van der Waals surface area contributed by atoms with Crippen LogP contribution in [0.15, 0.2) is 0 Å². The van der Waals surface area contributed by atoms with Gasteiger partial charge in [-0.25, -0.2) is 0 Å². The molecule has 3 nitrogen and oxygen atoms in total. The highest BCUT2D eigenvalue weighted by atomic mass is 16.1. The predicted molar refractivity (Wildman–Crippen MR) is 81.1 cm³/mol. The molecule has 0 radical (unpaired) electrons. The van der Waals surface area contributed by atoms with Crippen molar-refractivity contribution in [2.24, 2.45) is 28.9 Å². The van der Waals surface area contributed by atoms with E-state index in [0.29, 0.717) is 17.9 Å². The molecule has 3 heteroatoms. The molecule has 4 aliphatic rings. The summed E-state index contributed by atoms with van der Waals surface area (Å²) in [7, 11) is 0. The Morgan fingerprint density at radius 2 is 1.70 bits per heavy atom. The highest BCUT2D eigenvalue weighted by molar-refractivity contribution is 5.76. The van der Waals surface area contributed by atoms with Gasteiger partial charge in [0.25, 0.3) is 0 Å². The van der Waals surface area contributed by atoms with Crippen molar-refractivity contribution in [3.63, 3.8) is 0 Å². The molecule has 4 saturated carbocycles. The number of rotatable bonds is 5. The van der Waals surface area contributed by atoms with Gasteiger partial charge in [0, 0.05) is 18.5 Å². The van der Waals surface area contributed by atoms with Crippen LogP contribution in [-0.2, 0) is 4.79 Å². The van der Waals surface area contributed by atoms with Crippen LogP contribution >= 0.6 is 0 Å². The van der Waals surface area contributed by atoms with Crippen LogP contribution in [0.2, 0.25) is 0 Å². The molecule has 4 rings (SSSR count). The second-order valence-corrected chi connectivity index (χ2v) is 7.94. The van der Waals surface area contributed by atoms with Gasteiger partial charge in [-0.05, 0) is 75.0 Å². The van der Waals surface area contributed by atoms with E-state index in [9.17, 15) is 4.79 Å². The van der Waals surface area contributed by atoms with Gasteiger partial charge in [-0.3, -0.25) is 4.79 Å². The minimum Gasteiger partial charge on any atom is -0.353 e. The van der Waals surface area contributed by atoms with Crippen molar-refractivity contribution in [3.8, 4) is 0 Å². The highest BCUT2D eigenvalue weighted by Crippen LogP contribution is 2.61. The average molecular weight is 278 g/mol. The standard InChI is InChI=1S/C17H30N2O/c1-3-15(18)7-16(20)19-11(2)17-8-12-4-13(9-17)6-14(5-12)10-17/h11-15H,3-10,18H2,1-2H3,(H,19,20). The first-order chi connectivity index (χ1) is 9.50. The normalized spacial score (nSPS) is 41.5. The zero-order valence-electron chi connectivity index (χ0n) is 13.0. The third-order valence-electron chi connectivity index (χ3n) is 6.35. The molecule has 0 aromatic carbocycles. The lowest BCUT2D eigenvalue weighted by Crippen LogP contribution is -2.56. The Kier molecular flexibility index (Phi) is 3.83. The summed E-state index contributed by atoms with van der Waals surface area (Å²) < 4.78 is 0. The molecule has 4 bridgehead atoms. The zero-order valence-corrected chi connectivity index (χ0v) is 13.0. The Hall–Kier alpha value is -0.570. The maximum atomic E-state index is 12.1. The van der Waals surface area contributed by atoms with E-state index in [0.717, 1.165) is 24.2 Å². The summed E-state index contributed by atoms with van der Waals surface area (Å²) in [6, 6.07) is 0.339. The molecule has 0 saturated heterocycles. The van der Waals surface area contributed by atoms with Gasteiger partial charge < -0.3 is 11.1 Å². The van der Waals surface area contributed by atoms with Crippen LogP contribution in [0.5, 0.6) is 0 Å². The second kappa shape index (κ2) is 5.32. The number of carbonyl (C=O) groups excluding carboxylic acids is 1. The molecule has 4 aliphatic carbocycles.